The van der Waals surface area contributed by atoms with Crippen LogP contribution in [0.4, 0.5) is 0 Å². The first-order valence-corrected chi connectivity index (χ1v) is 3.18. The Morgan fingerprint density at radius 2 is 2.00 bits per heavy atom. The van der Waals surface area contributed by atoms with Gasteiger partial charge in [-0.3, -0.25) is 0 Å². The number of aromatic nitrogens is 1. The van der Waals surface area contributed by atoms with Gasteiger partial charge in [-0.05, 0) is 12.1 Å². The van der Waals surface area contributed by atoms with Crippen molar-refractivity contribution in [2.75, 3.05) is 0 Å². The van der Waals surface area contributed by atoms with Gasteiger partial charge in [0.25, 0.3) is 0 Å². The molecule has 2 nitrogen and oxygen atoms in total. The number of benzene rings is 1. The molecule has 0 N–H and O–H groups in total. The lowest BCUT2D eigenvalue weighted by molar-refractivity contribution is 0.561. The van der Waals surface area contributed by atoms with Crippen molar-refractivity contribution >= 4 is 23.5 Å². The summed E-state index contributed by atoms with van der Waals surface area (Å²) >= 11 is 0. The second kappa shape index (κ2) is 2.93. The number of para-hydroxylation sites is 2. The molecular weight excluding hydrogens is 162 g/mol. The Balaban J connectivity index is 0.000000605. The van der Waals surface area contributed by atoms with Crippen LogP contribution in [0.5, 0.6) is 0 Å². The zero-order valence-electron chi connectivity index (χ0n) is 6.07. The molecule has 11 heavy (non-hydrogen) atoms. The number of halogens is 1. The predicted molar refractivity (Wildman–Crippen MR) is 46.0 cm³/mol. The Kier molecular flexibility index (Phi) is 2.15. The molecule has 0 amide bonds. The molecule has 58 valence electrons. The number of hydrogen-bond donors (Lipinski definition) is 0. The van der Waals surface area contributed by atoms with E-state index < -0.39 is 0 Å². The third-order valence-corrected chi connectivity index (χ3v) is 1.40. The Morgan fingerprint density at radius 1 is 1.27 bits per heavy atom. The lowest BCUT2D eigenvalue weighted by Gasteiger charge is -1.79. The van der Waals surface area contributed by atoms with Crippen LogP contribution in [0.15, 0.2) is 28.7 Å². The Hall–Kier alpha value is -1.02. The molecule has 0 unspecified atom stereocenters. The lowest BCUT2D eigenvalue weighted by atomic mass is 10.3. The van der Waals surface area contributed by atoms with Crippen molar-refractivity contribution in [1.82, 2.24) is 4.98 Å². The van der Waals surface area contributed by atoms with Gasteiger partial charge < -0.3 is 4.42 Å². The Labute approximate surface area is 70.6 Å². The largest absolute Gasteiger partial charge is 0.441 e. The molecule has 1 aromatic heterocycles. The molecule has 2 aromatic rings. The SMILES string of the molecule is Cc1nc2ccccc2o1.Cl. The molecule has 0 fully saturated rings. The monoisotopic (exact) mass is 169 g/mol. The fraction of sp³-hybridized carbons (Fsp3) is 0.125. The van der Waals surface area contributed by atoms with Crippen molar-refractivity contribution in [1.29, 1.82) is 0 Å². The summed E-state index contributed by atoms with van der Waals surface area (Å²) in [7, 11) is 0. The fourth-order valence-corrected chi connectivity index (χ4v) is 0.987. The summed E-state index contributed by atoms with van der Waals surface area (Å²) in [6.45, 7) is 1.85. The van der Waals surface area contributed by atoms with E-state index >= 15 is 0 Å². The second-order valence-corrected chi connectivity index (χ2v) is 2.20. The number of hydrogen-bond acceptors (Lipinski definition) is 2. The van der Waals surface area contributed by atoms with E-state index in [4.69, 9.17) is 4.42 Å². The first-order valence-electron chi connectivity index (χ1n) is 3.18. The molecule has 3 heteroatoms. The second-order valence-electron chi connectivity index (χ2n) is 2.20. The van der Waals surface area contributed by atoms with Gasteiger partial charge in [-0.15, -0.1) is 12.4 Å². The lowest BCUT2D eigenvalue weighted by Crippen LogP contribution is -1.65. The summed E-state index contributed by atoms with van der Waals surface area (Å²) in [5, 5.41) is 0. The summed E-state index contributed by atoms with van der Waals surface area (Å²) in [6.07, 6.45) is 0. The Morgan fingerprint density at radius 3 is 2.73 bits per heavy atom. The molecule has 0 aliphatic carbocycles. The van der Waals surface area contributed by atoms with Crippen molar-refractivity contribution in [2.45, 2.75) is 6.92 Å². The standard InChI is InChI=1S/C8H7NO.ClH/c1-6-9-7-4-2-3-5-8(7)10-6;/h2-5H,1H3;1H. The van der Waals surface area contributed by atoms with Crippen molar-refractivity contribution in [3.05, 3.63) is 30.2 Å². The average molecular weight is 170 g/mol. The van der Waals surface area contributed by atoms with E-state index in [9.17, 15) is 0 Å². The quantitative estimate of drug-likeness (QED) is 0.606. The zero-order valence-corrected chi connectivity index (χ0v) is 6.89. The number of aryl methyl sites for hydroxylation is 1. The maximum Gasteiger partial charge on any atom is 0.192 e. The van der Waals surface area contributed by atoms with E-state index in [1.54, 1.807) is 0 Å². The number of nitrogens with zero attached hydrogens (tertiary/aromatic N) is 1. The highest BCUT2D eigenvalue weighted by Gasteiger charge is 1.97. The van der Waals surface area contributed by atoms with Crippen LogP contribution in [-0.2, 0) is 0 Å². The van der Waals surface area contributed by atoms with Gasteiger partial charge in [0, 0.05) is 6.92 Å². The van der Waals surface area contributed by atoms with E-state index in [0.717, 1.165) is 17.0 Å². The summed E-state index contributed by atoms with van der Waals surface area (Å²) in [5.74, 6) is 0.723. The first-order chi connectivity index (χ1) is 4.86. The summed E-state index contributed by atoms with van der Waals surface area (Å²) in [5.41, 5.74) is 1.79. The predicted octanol–water partition coefficient (Wildman–Crippen LogP) is 2.56. The van der Waals surface area contributed by atoms with Crippen LogP contribution in [0, 0.1) is 6.92 Å². The van der Waals surface area contributed by atoms with Crippen LogP contribution in [0.25, 0.3) is 11.1 Å². The molecule has 0 spiro atoms. The van der Waals surface area contributed by atoms with Gasteiger partial charge in [0.15, 0.2) is 11.5 Å². The maximum atomic E-state index is 5.26. The number of rotatable bonds is 0. The van der Waals surface area contributed by atoms with E-state index in [1.165, 1.54) is 0 Å². The molecular formula is C8H8ClNO. The third kappa shape index (κ3) is 1.35. The molecule has 1 heterocycles. The van der Waals surface area contributed by atoms with E-state index in [1.807, 2.05) is 31.2 Å². The molecule has 0 radical (unpaired) electrons. The van der Waals surface area contributed by atoms with Crippen LogP contribution < -0.4 is 0 Å². The molecule has 0 saturated carbocycles. The zero-order chi connectivity index (χ0) is 6.97. The van der Waals surface area contributed by atoms with E-state index in [-0.39, 0.29) is 12.4 Å². The Bertz CT molecular complexity index is 323. The normalized spacial score (nSPS) is 9.55. The highest BCUT2D eigenvalue weighted by Crippen LogP contribution is 2.12. The summed E-state index contributed by atoms with van der Waals surface area (Å²) in [6, 6.07) is 7.73. The van der Waals surface area contributed by atoms with Crippen molar-refractivity contribution in [3.8, 4) is 0 Å². The van der Waals surface area contributed by atoms with Crippen molar-refractivity contribution < 1.29 is 4.42 Å². The van der Waals surface area contributed by atoms with E-state index in [0.29, 0.717) is 0 Å². The van der Waals surface area contributed by atoms with Crippen LogP contribution in [0.2, 0.25) is 0 Å². The third-order valence-electron chi connectivity index (χ3n) is 1.40. The number of oxazole rings is 1. The van der Waals surface area contributed by atoms with Crippen molar-refractivity contribution in [2.24, 2.45) is 0 Å². The van der Waals surface area contributed by atoms with Crippen LogP contribution >= 0.6 is 12.4 Å². The number of fused-ring (bicyclic) bond motifs is 1. The summed E-state index contributed by atoms with van der Waals surface area (Å²) in [4.78, 5) is 4.15. The van der Waals surface area contributed by atoms with Crippen LogP contribution in [0.3, 0.4) is 0 Å². The van der Waals surface area contributed by atoms with Gasteiger partial charge in [0.1, 0.15) is 5.52 Å². The summed E-state index contributed by atoms with van der Waals surface area (Å²) < 4.78 is 5.26. The topological polar surface area (TPSA) is 26.0 Å². The van der Waals surface area contributed by atoms with Gasteiger partial charge in [0.2, 0.25) is 0 Å². The van der Waals surface area contributed by atoms with Gasteiger partial charge in [-0.25, -0.2) is 4.98 Å². The first kappa shape index (κ1) is 8.08. The van der Waals surface area contributed by atoms with Crippen LogP contribution in [-0.4, -0.2) is 4.98 Å². The molecule has 0 aliphatic rings. The average Bonchev–Trinajstić information content (AvgIpc) is 2.27. The molecule has 0 atom stereocenters. The van der Waals surface area contributed by atoms with Gasteiger partial charge in [-0.2, -0.15) is 0 Å². The van der Waals surface area contributed by atoms with Gasteiger partial charge >= 0.3 is 0 Å². The molecule has 0 saturated heterocycles. The minimum atomic E-state index is 0. The molecule has 1 aromatic carbocycles. The maximum absolute atomic E-state index is 5.26. The molecule has 0 bridgehead atoms. The minimum Gasteiger partial charge on any atom is -0.441 e. The van der Waals surface area contributed by atoms with Gasteiger partial charge in [-0.1, -0.05) is 12.1 Å². The van der Waals surface area contributed by atoms with Crippen molar-refractivity contribution in [3.63, 3.8) is 0 Å². The molecule has 2 rings (SSSR count). The smallest absolute Gasteiger partial charge is 0.192 e. The van der Waals surface area contributed by atoms with E-state index in [2.05, 4.69) is 4.98 Å². The highest BCUT2D eigenvalue weighted by molar-refractivity contribution is 5.85. The fourth-order valence-electron chi connectivity index (χ4n) is 0.987. The van der Waals surface area contributed by atoms with Gasteiger partial charge in [0.05, 0.1) is 0 Å². The highest BCUT2D eigenvalue weighted by atomic mass is 35.5. The van der Waals surface area contributed by atoms with Crippen LogP contribution in [0.1, 0.15) is 5.89 Å². The molecule has 0 aliphatic heterocycles. The minimum absolute atomic E-state index is 0.